The van der Waals surface area contributed by atoms with Gasteiger partial charge in [-0.05, 0) is 68.7 Å². The number of carbonyl (C=O) groups is 2. The van der Waals surface area contributed by atoms with Gasteiger partial charge in [0.15, 0.2) is 0 Å². The highest BCUT2D eigenvalue weighted by Gasteiger charge is 2.46. The molecular formula is C25H27Cl2N3O4S. The van der Waals surface area contributed by atoms with E-state index in [0.29, 0.717) is 21.2 Å². The maximum Gasteiger partial charge on any atom is 0.265 e. The Hall–Kier alpha value is -2.55. The first-order valence-electron chi connectivity index (χ1n) is 11.3. The zero-order valence-electron chi connectivity index (χ0n) is 20.0. The second-order valence-electron chi connectivity index (χ2n) is 9.13. The summed E-state index contributed by atoms with van der Waals surface area (Å²) in [5.74, 6) is -0.368. The van der Waals surface area contributed by atoms with Crippen LogP contribution in [0, 0.1) is 13.8 Å². The Morgan fingerprint density at radius 3 is 2.31 bits per heavy atom. The lowest BCUT2D eigenvalue weighted by molar-refractivity contribution is -0.148. The van der Waals surface area contributed by atoms with Crippen molar-refractivity contribution < 1.29 is 18.0 Å². The number of aryl methyl sites for hydroxylation is 2. The molecule has 2 aromatic rings. The monoisotopic (exact) mass is 535 g/mol. The predicted octanol–water partition coefficient (Wildman–Crippen LogP) is 4.49. The normalized spacial score (nSPS) is 18.8. The highest BCUT2D eigenvalue weighted by molar-refractivity contribution is 7.89. The van der Waals surface area contributed by atoms with E-state index in [4.69, 9.17) is 23.2 Å². The van der Waals surface area contributed by atoms with E-state index in [9.17, 15) is 18.0 Å². The maximum atomic E-state index is 13.9. The molecule has 1 atom stereocenters. The number of hydrogen-bond acceptors (Lipinski definition) is 4. The molecule has 0 radical (unpaired) electrons. The van der Waals surface area contributed by atoms with E-state index in [1.165, 1.54) is 20.3 Å². The third-order valence-electron chi connectivity index (χ3n) is 6.33. The predicted molar refractivity (Wildman–Crippen MR) is 135 cm³/mol. The van der Waals surface area contributed by atoms with E-state index >= 15 is 0 Å². The fourth-order valence-electron chi connectivity index (χ4n) is 4.43. The maximum absolute atomic E-state index is 13.9. The molecule has 10 heteroatoms. The van der Waals surface area contributed by atoms with Crippen LogP contribution in [0.15, 0.2) is 53.3 Å². The summed E-state index contributed by atoms with van der Waals surface area (Å²) in [6.07, 6.45) is 1.68. The number of hydrogen-bond donors (Lipinski definition) is 0. The number of carbonyl (C=O) groups excluding carboxylic acids is 2. The van der Waals surface area contributed by atoms with Gasteiger partial charge in [0.25, 0.3) is 10.0 Å². The first kappa shape index (κ1) is 25.5. The minimum atomic E-state index is -4.04. The highest BCUT2D eigenvalue weighted by atomic mass is 35.5. The van der Waals surface area contributed by atoms with Crippen molar-refractivity contribution in [2.45, 2.75) is 57.5 Å². The quantitative estimate of drug-likeness (QED) is 0.564. The van der Waals surface area contributed by atoms with E-state index in [2.05, 4.69) is 0 Å². The van der Waals surface area contributed by atoms with Crippen molar-refractivity contribution in [2.24, 2.45) is 0 Å². The van der Waals surface area contributed by atoms with Crippen LogP contribution in [0.1, 0.15) is 37.0 Å². The Morgan fingerprint density at radius 1 is 1.03 bits per heavy atom. The summed E-state index contributed by atoms with van der Waals surface area (Å²) in [5, 5.41) is 1.04. The van der Waals surface area contributed by atoms with Crippen LogP contribution in [0.4, 0.5) is 0 Å². The summed E-state index contributed by atoms with van der Waals surface area (Å²) in [6.45, 7) is 7.11. The van der Waals surface area contributed by atoms with Crippen LogP contribution in [-0.4, -0.2) is 53.0 Å². The summed E-state index contributed by atoms with van der Waals surface area (Å²) in [5.41, 5.74) is 1.96. The van der Waals surface area contributed by atoms with Crippen LogP contribution in [0.25, 0.3) is 0 Å². The molecule has 0 N–H and O–H groups in total. The Balaban J connectivity index is 1.82. The van der Waals surface area contributed by atoms with Crippen molar-refractivity contribution in [3.05, 3.63) is 75.2 Å². The fourth-order valence-corrected chi connectivity index (χ4v) is 6.52. The Kier molecular flexibility index (Phi) is 6.92. The molecule has 2 aromatic carbocycles. The molecule has 0 aromatic heterocycles. The third kappa shape index (κ3) is 4.67. The van der Waals surface area contributed by atoms with E-state index in [-0.39, 0.29) is 48.0 Å². The number of halogens is 2. The Morgan fingerprint density at radius 2 is 1.69 bits per heavy atom. The zero-order chi connectivity index (χ0) is 25.7. The van der Waals surface area contributed by atoms with Crippen molar-refractivity contribution in [3.63, 3.8) is 0 Å². The van der Waals surface area contributed by atoms with Crippen LogP contribution in [0.5, 0.6) is 0 Å². The lowest BCUT2D eigenvalue weighted by Gasteiger charge is -2.47. The average molecular weight is 536 g/mol. The number of nitrogens with zero attached hydrogens (tertiary/aromatic N) is 3. The molecule has 0 aliphatic carbocycles. The first-order chi connectivity index (χ1) is 16.4. The molecule has 7 nitrogen and oxygen atoms in total. The largest absolute Gasteiger partial charge is 0.311 e. The fraction of sp³-hybridized carbons (Fsp3) is 0.360. The van der Waals surface area contributed by atoms with Gasteiger partial charge in [-0.2, -0.15) is 0 Å². The standard InChI is InChI=1S/C25H27Cl2N3O4S/c1-15(2)28-14-23-29(35(33,34)22-12-16(3)20(27)11-17(22)4)10-9-24(31)30(23)21(25(28)32)13-18-5-7-19(26)8-6-18/h5-8,11-12,14-15,21H,9-10,13H2,1-4H3. The molecule has 2 aliphatic heterocycles. The van der Waals surface area contributed by atoms with Crippen molar-refractivity contribution in [1.29, 1.82) is 0 Å². The van der Waals surface area contributed by atoms with Gasteiger partial charge in [-0.3, -0.25) is 14.5 Å². The molecule has 0 spiro atoms. The third-order valence-corrected chi connectivity index (χ3v) is 8.93. The van der Waals surface area contributed by atoms with Gasteiger partial charge in [-0.1, -0.05) is 35.3 Å². The summed E-state index contributed by atoms with van der Waals surface area (Å²) in [4.78, 5) is 29.6. The lowest BCUT2D eigenvalue weighted by atomic mass is 10.00. The van der Waals surface area contributed by atoms with Crippen LogP contribution in [-0.2, 0) is 26.0 Å². The van der Waals surface area contributed by atoms with Gasteiger partial charge in [0.1, 0.15) is 11.9 Å². The van der Waals surface area contributed by atoms with Gasteiger partial charge in [0.05, 0.1) is 4.90 Å². The minimum Gasteiger partial charge on any atom is -0.311 e. The molecule has 2 heterocycles. The average Bonchev–Trinajstić information content (AvgIpc) is 2.79. The Bertz CT molecular complexity index is 1320. The van der Waals surface area contributed by atoms with Crippen molar-refractivity contribution in [2.75, 3.05) is 6.54 Å². The van der Waals surface area contributed by atoms with Crippen LogP contribution in [0.2, 0.25) is 10.0 Å². The number of amides is 2. The zero-order valence-corrected chi connectivity index (χ0v) is 22.3. The molecule has 1 unspecified atom stereocenters. The molecule has 35 heavy (non-hydrogen) atoms. The molecular weight excluding hydrogens is 509 g/mol. The second kappa shape index (κ2) is 9.48. The van der Waals surface area contributed by atoms with Gasteiger partial charge in [0.2, 0.25) is 11.8 Å². The van der Waals surface area contributed by atoms with E-state index in [1.807, 2.05) is 13.8 Å². The summed E-state index contributed by atoms with van der Waals surface area (Å²) in [7, 11) is -4.04. The summed E-state index contributed by atoms with van der Waals surface area (Å²) in [6, 6.07) is 9.12. The molecule has 2 amide bonds. The SMILES string of the molecule is Cc1cc(S(=O)(=O)N2CCC(=O)N3C2=CN(C(C)C)C(=O)C3Cc2ccc(Cl)cc2)c(C)cc1Cl. The number of benzene rings is 2. The summed E-state index contributed by atoms with van der Waals surface area (Å²) < 4.78 is 29.0. The van der Waals surface area contributed by atoms with Gasteiger partial charge in [0, 0.05) is 41.7 Å². The van der Waals surface area contributed by atoms with Crippen molar-refractivity contribution in [3.8, 4) is 0 Å². The molecule has 1 saturated heterocycles. The minimum absolute atomic E-state index is 0.0155. The van der Waals surface area contributed by atoms with Crippen LogP contribution < -0.4 is 0 Å². The first-order valence-corrected chi connectivity index (χ1v) is 13.5. The Labute approximate surface area is 216 Å². The smallest absolute Gasteiger partial charge is 0.265 e. The van der Waals surface area contributed by atoms with Crippen LogP contribution in [0.3, 0.4) is 0 Å². The van der Waals surface area contributed by atoms with Crippen molar-refractivity contribution >= 4 is 45.0 Å². The summed E-state index contributed by atoms with van der Waals surface area (Å²) >= 11 is 12.2. The molecule has 186 valence electrons. The van der Waals surface area contributed by atoms with Gasteiger partial charge in [-0.25, -0.2) is 12.7 Å². The molecule has 1 fully saturated rings. The molecule has 0 saturated carbocycles. The van der Waals surface area contributed by atoms with Gasteiger partial charge >= 0.3 is 0 Å². The van der Waals surface area contributed by atoms with Crippen molar-refractivity contribution in [1.82, 2.24) is 14.1 Å². The molecule has 2 aliphatic rings. The highest BCUT2D eigenvalue weighted by Crippen LogP contribution is 2.35. The van der Waals surface area contributed by atoms with E-state index in [0.717, 1.165) is 5.56 Å². The van der Waals surface area contributed by atoms with Gasteiger partial charge < -0.3 is 4.90 Å². The van der Waals surface area contributed by atoms with Gasteiger partial charge in [-0.15, -0.1) is 0 Å². The van der Waals surface area contributed by atoms with Crippen LogP contribution >= 0.6 is 23.2 Å². The molecule has 4 rings (SSSR count). The van der Waals surface area contributed by atoms with E-state index < -0.39 is 16.1 Å². The number of sulfonamides is 1. The lowest BCUT2D eigenvalue weighted by Crippen LogP contribution is -2.61. The second-order valence-corrected chi connectivity index (χ2v) is 11.8. The van der Waals surface area contributed by atoms with E-state index in [1.54, 1.807) is 50.2 Å². The molecule has 0 bridgehead atoms. The topological polar surface area (TPSA) is 78.0 Å². The number of fused-ring (bicyclic) bond motifs is 1. The number of rotatable bonds is 5.